The van der Waals surface area contributed by atoms with Crippen LogP contribution in [0.3, 0.4) is 0 Å². The molecular formula is C18H22N4O3. The van der Waals surface area contributed by atoms with Crippen molar-refractivity contribution in [2.24, 2.45) is 0 Å². The average Bonchev–Trinajstić information content (AvgIpc) is 2.68. The van der Waals surface area contributed by atoms with E-state index in [2.05, 4.69) is 20.4 Å². The van der Waals surface area contributed by atoms with Crippen molar-refractivity contribution in [2.45, 2.75) is 19.3 Å². The second-order valence-electron chi connectivity index (χ2n) is 5.84. The molecule has 0 radical (unpaired) electrons. The molecule has 7 heteroatoms. The number of piperidine rings is 1. The van der Waals surface area contributed by atoms with Crippen LogP contribution in [0.4, 0.5) is 11.5 Å². The van der Waals surface area contributed by atoms with E-state index in [4.69, 9.17) is 9.47 Å². The summed E-state index contributed by atoms with van der Waals surface area (Å²) in [7, 11) is 3.11. The first kappa shape index (κ1) is 17.0. The summed E-state index contributed by atoms with van der Waals surface area (Å²) in [5.41, 5.74) is 0.777. The molecule has 2 heterocycles. The van der Waals surface area contributed by atoms with E-state index >= 15 is 0 Å². The van der Waals surface area contributed by atoms with Crippen molar-refractivity contribution < 1.29 is 14.3 Å². The molecule has 1 aromatic carbocycles. The summed E-state index contributed by atoms with van der Waals surface area (Å²) in [5, 5.41) is 11.1. The van der Waals surface area contributed by atoms with Gasteiger partial charge in [0.1, 0.15) is 11.5 Å². The molecule has 1 saturated heterocycles. The average molecular weight is 342 g/mol. The third-order valence-electron chi connectivity index (χ3n) is 4.22. The first-order valence-electron chi connectivity index (χ1n) is 8.33. The summed E-state index contributed by atoms with van der Waals surface area (Å²) >= 11 is 0. The Labute approximate surface area is 147 Å². The molecule has 0 bridgehead atoms. The van der Waals surface area contributed by atoms with Gasteiger partial charge < -0.3 is 19.7 Å². The maximum Gasteiger partial charge on any atom is 0.276 e. The first-order chi connectivity index (χ1) is 12.2. The highest BCUT2D eigenvalue weighted by molar-refractivity contribution is 6.03. The number of rotatable bonds is 5. The number of carbonyl (C=O) groups is 1. The number of ether oxygens (including phenoxy) is 2. The minimum Gasteiger partial charge on any atom is -0.497 e. The number of aromatic nitrogens is 2. The van der Waals surface area contributed by atoms with Crippen LogP contribution in [0.15, 0.2) is 30.3 Å². The largest absolute Gasteiger partial charge is 0.497 e. The van der Waals surface area contributed by atoms with Gasteiger partial charge in [0, 0.05) is 19.2 Å². The standard InChI is InChI=1S/C18H22N4O3/c1-24-13-6-8-16(25-2)15(12-13)19-18(23)14-7-9-17(21-20-14)22-10-4-3-5-11-22/h6-9,12H,3-5,10-11H2,1-2H3,(H,19,23). The molecule has 2 aromatic rings. The van der Waals surface area contributed by atoms with Crippen molar-refractivity contribution in [1.82, 2.24) is 10.2 Å². The van der Waals surface area contributed by atoms with Crippen LogP contribution in [0.5, 0.6) is 11.5 Å². The molecule has 1 aliphatic rings. The summed E-state index contributed by atoms with van der Waals surface area (Å²) in [6.45, 7) is 1.97. The Balaban J connectivity index is 1.73. The molecule has 0 unspecified atom stereocenters. The number of nitrogens with zero attached hydrogens (tertiary/aromatic N) is 3. The summed E-state index contributed by atoms with van der Waals surface area (Å²) in [6.07, 6.45) is 3.59. The third-order valence-corrected chi connectivity index (χ3v) is 4.22. The highest BCUT2D eigenvalue weighted by atomic mass is 16.5. The minimum atomic E-state index is -0.343. The smallest absolute Gasteiger partial charge is 0.276 e. The van der Waals surface area contributed by atoms with Gasteiger partial charge in [0.2, 0.25) is 0 Å². The molecular weight excluding hydrogens is 320 g/mol. The van der Waals surface area contributed by atoms with Gasteiger partial charge in [-0.05, 0) is 43.5 Å². The van der Waals surface area contributed by atoms with Crippen LogP contribution in [0.2, 0.25) is 0 Å². The Kier molecular flexibility index (Phi) is 5.33. The van der Waals surface area contributed by atoms with E-state index in [-0.39, 0.29) is 11.6 Å². The van der Waals surface area contributed by atoms with Gasteiger partial charge in [-0.15, -0.1) is 10.2 Å². The molecule has 1 amide bonds. The van der Waals surface area contributed by atoms with Crippen molar-refractivity contribution in [1.29, 1.82) is 0 Å². The predicted octanol–water partition coefficient (Wildman–Crippen LogP) is 2.74. The number of hydrogen-bond acceptors (Lipinski definition) is 6. The van der Waals surface area contributed by atoms with Crippen LogP contribution in [0.1, 0.15) is 29.8 Å². The van der Waals surface area contributed by atoms with Crippen LogP contribution in [0.25, 0.3) is 0 Å². The molecule has 1 fully saturated rings. The SMILES string of the molecule is COc1ccc(OC)c(NC(=O)c2ccc(N3CCCCC3)nn2)c1. The summed E-state index contributed by atoms with van der Waals surface area (Å²) < 4.78 is 10.5. The fraction of sp³-hybridized carbons (Fsp3) is 0.389. The molecule has 0 spiro atoms. The van der Waals surface area contributed by atoms with Gasteiger partial charge in [0.05, 0.1) is 19.9 Å². The molecule has 0 saturated carbocycles. The van der Waals surface area contributed by atoms with Gasteiger partial charge in [-0.3, -0.25) is 4.79 Å². The highest BCUT2D eigenvalue weighted by Gasteiger charge is 2.15. The zero-order chi connectivity index (χ0) is 17.6. The molecule has 1 N–H and O–H groups in total. The van der Waals surface area contributed by atoms with Gasteiger partial charge in [-0.1, -0.05) is 0 Å². The van der Waals surface area contributed by atoms with Crippen LogP contribution >= 0.6 is 0 Å². The Morgan fingerprint density at radius 1 is 1.04 bits per heavy atom. The highest BCUT2D eigenvalue weighted by Crippen LogP contribution is 2.29. The minimum absolute atomic E-state index is 0.255. The molecule has 0 aliphatic carbocycles. The lowest BCUT2D eigenvalue weighted by Crippen LogP contribution is -2.30. The molecule has 3 rings (SSSR count). The van der Waals surface area contributed by atoms with E-state index in [1.807, 2.05) is 6.07 Å². The topological polar surface area (TPSA) is 76.6 Å². The molecule has 1 aromatic heterocycles. The van der Waals surface area contributed by atoms with Crippen molar-refractivity contribution in [3.8, 4) is 11.5 Å². The zero-order valence-electron chi connectivity index (χ0n) is 14.5. The van der Waals surface area contributed by atoms with Crippen molar-refractivity contribution in [3.05, 3.63) is 36.0 Å². The van der Waals surface area contributed by atoms with E-state index < -0.39 is 0 Å². The lowest BCUT2D eigenvalue weighted by atomic mass is 10.1. The fourth-order valence-electron chi connectivity index (χ4n) is 2.84. The van der Waals surface area contributed by atoms with Crippen LogP contribution in [-0.4, -0.2) is 43.4 Å². The van der Waals surface area contributed by atoms with Crippen molar-refractivity contribution >= 4 is 17.4 Å². The molecule has 7 nitrogen and oxygen atoms in total. The van der Waals surface area contributed by atoms with Crippen LogP contribution < -0.4 is 19.7 Å². The number of hydrogen-bond donors (Lipinski definition) is 1. The van der Waals surface area contributed by atoms with E-state index in [9.17, 15) is 4.79 Å². The number of anilines is 2. The van der Waals surface area contributed by atoms with E-state index in [1.54, 1.807) is 38.5 Å². The fourth-order valence-corrected chi connectivity index (χ4v) is 2.84. The van der Waals surface area contributed by atoms with Crippen LogP contribution in [-0.2, 0) is 0 Å². The van der Waals surface area contributed by atoms with Crippen molar-refractivity contribution in [2.75, 3.05) is 37.5 Å². The van der Waals surface area contributed by atoms with Gasteiger partial charge in [-0.2, -0.15) is 0 Å². The second kappa shape index (κ2) is 7.83. The number of nitrogens with one attached hydrogen (secondary N) is 1. The first-order valence-corrected chi connectivity index (χ1v) is 8.33. The van der Waals surface area contributed by atoms with Gasteiger partial charge >= 0.3 is 0 Å². The Bertz CT molecular complexity index is 728. The number of benzene rings is 1. The van der Waals surface area contributed by atoms with Crippen LogP contribution in [0, 0.1) is 0 Å². The zero-order valence-corrected chi connectivity index (χ0v) is 14.5. The Morgan fingerprint density at radius 3 is 2.48 bits per heavy atom. The van der Waals surface area contributed by atoms with Gasteiger partial charge in [0.25, 0.3) is 5.91 Å². The Hall–Kier alpha value is -2.83. The summed E-state index contributed by atoms with van der Waals surface area (Å²) in [5.74, 6) is 1.65. The van der Waals surface area contributed by atoms with Crippen molar-refractivity contribution in [3.63, 3.8) is 0 Å². The molecule has 25 heavy (non-hydrogen) atoms. The molecule has 132 valence electrons. The maximum atomic E-state index is 12.4. The van der Waals surface area contributed by atoms with Gasteiger partial charge in [-0.25, -0.2) is 0 Å². The van der Waals surface area contributed by atoms with E-state index in [0.29, 0.717) is 17.2 Å². The number of methoxy groups -OCH3 is 2. The second-order valence-corrected chi connectivity index (χ2v) is 5.84. The maximum absolute atomic E-state index is 12.4. The normalized spacial score (nSPS) is 14.1. The Morgan fingerprint density at radius 2 is 1.84 bits per heavy atom. The lowest BCUT2D eigenvalue weighted by molar-refractivity contribution is 0.102. The monoisotopic (exact) mass is 342 g/mol. The summed E-state index contributed by atoms with van der Waals surface area (Å²) in [4.78, 5) is 14.6. The summed E-state index contributed by atoms with van der Waals surface area (Å²) in [6, 6.07) is 8.74. The number of amides is 1. The van der Waals surface area contributed by atoms with E-state index in [0.717, 1.165) is 18.9 Å². The predicted molar refractivity (Wildman–Crippen MR) is 95.6 cm³/mol. The quantitative estimate of drug-likeness (QED) is 0.900. The molecule has 0 atom stereocenters. The van der Waals surface area contributed by atoms with Gasteiger partial charge in [0.15, 0.2) is 11.5 Å². The number of carbonyl (C=O) groups excluding carboxylic acids is 1. The third kappa shape index (κ3) is 3.99. The lowest BCUT2D eigenvalue weighted by Gasteiger charge is -2.27. The van der Waals surface area contributed by atoms with E-state index in [1.165, 1.54) is 19.3 Å². The molecule has 1 aliphatic heterocycles.